The summed E-state index contributed by atoms with van der Waals surface area (Å²) >= 11 is 0. The van der Waals surface area contributed by atoms with E-state index < -0.39 is 0 Å². The molecule has 1 fully saturated rings. The van der Waals surface area contributed by atoms with E-state index in [-0.39, 0.29) is 5.54 Å². The number of hydrogen-bond donors (Lipinski definition) is 1. The smallest absolute Gasteiger partial charge is 0.163 e. The molecule has 0 aromatic carbocycles. The van der Waals surface area contributed by atoms with Crippen LogP contribution in [-0.4, -0.2) is 30.2 Å². The summed E-state index contributed by atoms with van der Waals surface area (Å²) in [7, 11) is 0. The third-order valence-corrected chi connectivity index (χ3v) is 2.80. The van der Waals surface area contributed by atoms with Crippen molar-refractivity contribution >= 4 is 5.69 Å². The average Bonchev–Trinajstić information content (AvgIpc) is 2.27. The van der Waals surface area contributed by atoms with Crippen LogP contribution in [0.5, 0.6) is 0 Å². The van der Waals surface area contributed by atoms with E-state index in [0.717, 1.165) is 25.3 Å². The summed E-state index contributed by atoms with van der Waals surface area (Å²) in [5, 5.41) is 12.5. The SMILES string of the molecule is CC1(C)CN(c2cccnc2C#N)CCN1. The summed E-state index contributed by atoms with van der Waals surface area (Å²) < 4.78 is 0. The van der Waals surface area contributed by atoms with Crippen molar-refractivity contribution in [1.29, 1.82) is 5.26 Å². The molecule has 2 heterocycles. The average molecular weight is 216 g/mol. The first-order valence-corrected chi connectivity index (χ1v) is 5.47. The first-order chi connectivity index (χ1) is 7.62. The minimum absolute atomic E-state index is 0.0841. The van der Waals surface area contributed by atoms with E-state index >= 15 is 0 Å². The van der Waals surface area contributed by atoms with Gasteiger partial charge in [0.25, 0.3) is 0 Å². The van der Waals surface area contributed by atoms with Crippen molar-refractivity contribution in [3.63, 3.8) is 0 Å². The Bertz CT molecular complexity index is 419. The highest BCUT2D eigenvalue weighted by molar-refractivity contribution is 5.56. The summed E-state index contributed by atoms with van der Waals surface area (Å²) in [6.07, 6.45) is 1.66. The zero-order chi connectivity index (χ0) is 11.6. The lowest BCUT2D eigenvalue weighted by Gasteiger charge is -2.40. The molecule has 0 unspecified atom stereocenters. The van der Waals surface area contributed by atoms with E-state index in [1.807, 2.05) is 12.1 Å². The van der Waals surface area contributed by atoms with Crippen LogP contribution in [0.1, 0.15) is 19.5 Å². The van der Waals surface area contributed by atoms with Gasteiger partial charge in [-0.05, 0) is 26.0 Å². The normalized spacial score (nSPS) is 19.2. The zero-order valence-corrected chi connectivity index (χ0v) is 9.70. The van der Waals surface area contributed by atoms with Crippen LogP contribution in [0.15, 0.2) is 18.3 Å². The van der Waals surface area contributed by atoms with E-state index in [1.54, 1.807) is 6.20 Å². The Morgan fingerprint density at radius 1 is 1.56 bits per heavy atom. The Labute approximate surface area is 95.9 Å². The molecule has 0 bridgehead atoms. The van der Waals surface area contributed by atoms with Crippen LogP contribution in [0.4, 0.5) is 5.69 Å². The molecule has 4 nitrogen and oxygen atoms in total. The fourth-order valence-electron chi connectivity index (χ4n) is 2.09. The molecule has 0 spiro atoms. The van der Waals surface area contributed by atoms with Crippen molar-refractivity contribution in [3.05, 3.63) is 24.0 Å². The molecule has 1 aliphatic heterocycles. The van der Waals surface area contributed by atoms with Crippen LogP contribution in [0.3, 0.4) is 0 Å². The Hall–Kier alpha value is -1.60. The van der Waals surface area contributed by atoms with Gasteiger partial charge in [0.2, 0.25) is 0 Å². The molecule has 0 radical (unpaired) electrons. The topological polar surface area (TPSA) is 52.0 Å². The van der Waals surface area contributed by atoms with Crippen molar-refractivity contribution in [2.75, 3.05) is 24.5 Å². The van der Waals surface area contributed by atoms with E-state index in [9.17, 15) is 0 Å². The number of rotatable bonds is 1. The van der Waals surface area contributed by atoms with Gasteiger partial charge in [0.1, 0.15) is 6.07 Å². The maximum Gasteiger partial charge on any atom is 0.163 e. The molecule has 0 amide bonds. The zero-order valence-electron chi connectivity index (χ0n) is 9.70. The number of nitrogens with one attached hydrogen (secondary N) is 1. The molecule has 1 aromatic heterocycles. The van der Waals surface area contributed by atoms with Gasteiger partial charge in [-0.15, -0.1) is 0 Å². The Morgan fingerprint density at radius 3 is 3.06 bits per heavy atom. The number of nitriles is 1. The second kappa shape index (κ2) is 4.11. The summed E-state index contributed by atoms with van der Waals surface area (Å²) in [5.41, 5.74) is 1.54. The highest BCUT2D eigenvalue weighted by Gasteiger charge is 2.26. The van der Waals surface area contributed by atoms with E-state index in [0.29, 0.717) is 5.69 Å². The second-order valence-electron chi connectivity index (χ2n) is 4.72. The Balaban J connectivity index is 2.27. The lowest BCUT2D eigenvalue weighted by Crippen LogP contribution is -2.57. The number of aromatic nitrogens is 1. The molecular formula is C12H16N4. The van der Waals surface area contributed by atoms with Crippen LogP contribution in [0.2, 0.25) is 0 Å². The molecule has 1 aromatic rings. The minimum Gasteiger partial charge on any atom is -0.366 e. The standard InChI is InChI=1S/C12H16N4/c1-12(2)9-16(7-6-15-12)11-4-3-5-14-10(11)8-13/h3-5,15H,6-7,9H2,1-2H3. The summed E-state index contributed by atoms with van der Waals surface area (Å²) in [5.74, 6) is 0. The van der Waals surface area contributed by atoms with Crippen molar-refractivity contribution in [2.24, 2.45) is 0 Å². The van der Waals surface area contributed by atoms with E-state index in [4.69, 9.17) is 5.26 Å². The summed E-state index contributed by atoms with van der Waals surface area (Å²) in [6.45, 7) is 7.09. The van der Waals surface area contributed by atoms with Gasteiger partial charge in [-0.25, -0.2) is 4.98 Å². The van der Waals surface area contributed by atoms with Gasteiger partial charge < -0.3 is 10.2 Å². The van der Waals surface area contributed by atoms with Crippen molar-refractivity contribution < 1.29 is 0 Å². The lowest BCUT2D eigenvalue weighted by atomic mass is 10.0. The molecule has 1 aliphatic rings. The quantitative estimate of drug-likeness (QED) is 0.765. The fraction of sp³-hybridized carbons (Fsp3) is 0.500. The largest absolute Gasteiger partial charge is 0.366 e. The van der Waals surface area contributed by atoms with Gasteiger partial charge in [-0.3, -0.25) is 0 Å². The monoisotopic (exact) mass is 216 g/mol. The molecule has 0 aliphatic carbocycles. The Kier molecular flexibility index (Phi) is 2.80. The van der Waals surface area contributed by atoms with Crippen molar-refractivity contribution in [1.82, 2.24) is 10.3 Å². The molecule has 84 valence electrons. The second-order valence-corrected chi connectivity index (χ2v) is 4.72. The van der Waals surface area contributed by atoms with Crippen LogP contribution in [0, 0.1) is 11.3 Å². The maximum atomic E-state index is 9.02. The molecular weight excluding hydrogens is 200 g/mol. The number of piperazine rings is 1. The highest BCUT2D eigenvalue weighted by atomic mass is 15.2. The predicted octanol–water partition coefficient (Wildman–Crippen LogP) is 1.14. The third kappa shape index (κ3) is 2.15. The van der Waals surface area contributed by atoms with E-state index in [1.165, 1.54) is 0 Å². The van der Waals surface area contributed by atoms with Crippen LogP contribution in [0.25, 0.3) is 0 Å². The van der Waals surface area contributed by atoms with Gasteiger partial charge in [0.05, 0.1) is 5.69 Å². The first kappa shape index (κ1) is 10.9. The van der Waals surface area contributed by atoms with Gasteiger partial charge in [0, 0.05) is 31.4 Å². The van der Waals surface area contributed by atoms with Gasteiger partial charge in [-0.2, -0.15) is 5.26 Å². The minimum atomic E-state index is 0.0841. The van der Waals surface area contributed by atoms with Crippen LogP contribution < -0.4 is 10.2 Å². The van der Waals surface area contributed by atoms with E-state index in [2.05, 4.69) is 35.1 Å². The highest BCUT2D eigenvalue weighted by Crippen LogP contribution is 2.21. The predicted molar refractivity (Wildman–Crippen MR) is 63.2 cm³/mol. The number of hydrogen-bond acceptors (Lipinski definition) is 4. The number of pyridine rings is 1. The molecule has 1 N–H and O–H groups in total. The molecule has 0 saturated carbocycles. The maximum absolute atomic E-state index is 9.02. The van der Waals surface area contributed by atoms with Crippen molar-refractivity contribution in [3.8, 4) is 6.07 Å². The molecule has 1 saturated heterocycles. The van der Waals surface area contributed by atoms with Gasteiger partial charge in [0.15, 0.2) is 5.69 Å². The molecule has 16 heavy (non-hydrogen) atoms. The Morgan fingerprint density at radius 2 is 2.38 bits per heavy atom. The lowest BCUT2D eigenvalue weighted by molar-refractivity contribution is 0.353. The molecule has 4 heteroatoms. The van der Waals surface area contributed by atoms with Gasteiger partial charge >= 0.3 is 0 Å². The first-order valence-electron chi connectivity index (χ1n) is 5.47. The van der Waals surface area contributed by atoms with Gasteiger partial charge in [-0.1, -0.05) is 0 Å². The summed E-state index contributed by atoms with van der Waals surface area (Å²) in [4.78, 5) is 6.32. The molecule has 2 rings (SSSR count). The fourth-order valence-corrected chi connectivity index (χ4v) is 2.09. The van der Waals surface area contributed by atoms with Crippen molar-refractivity contribution in [2.45, 2.75) is 19.4 Å². The number of anilines is 1. The van der Waals surface area contributed by atoms with Crippen LogP contribution >= 0.6 is 0 Å². The van der Waals surface area contributed by atoms with Crippen LogP contribution in [-0.2, 0) is 0 Å². The third-order valence-electron chi connectivity index (χ3n) is 2.80. The summed E-state index contributed by atoms with van der Waals surface area (Å²) in [6, 6.07) is 5.99. The molecule has 0 atom stereocenters. The number of nitrogens with zero attached hydrogens (tertiary/aromatic N) is 3.